The van der Waals surface area contributed by atoms with Crippen LogP contribution in [0.5, 0.6) is 5.75 Å². The summed E-state index contributed by atoms with van der Waals surface area (Å²) in [6.45, 7) is 2.15. The number of carboxylic acid groups (broad SMARTS) is 1. The van der Waals surface area contributed by atoms with E-state index in [1.807, 2.05) is 24.3 Å². The first-order valence-corrected chi connectivity index (χ1v) is 9.90. The van der Waals surface area contributed by atoms with E-state index in [0.29, 0.717) is 17.0 Å². The molecule has 1 atom stereocenters. The summed E-state index contributed by atoms with van der Waals surface area (Å²) in [6.07, 6.45) is 4.71. The van der Waals surface area contributed by atoms with Crippen molar-refractivity contribution in [3.63, 3.8) is 0 Å². The summed E-state index contributed by atoms with van der Waals surface area (Å²) in [5.74, 6) is -0.766. The van der Waals surface area contributed by atoms with E-state index in [2.05, 4.69) is 6.92 Å². The van der Waals surface area contributed by atoms with E-state index in [9.17, 15) is 14.7 Å². The van der Waals surface area contributed by atoms with Crippen LogP contribution in [0.1, 0.15) is 55.1 Å². The number of hydrogen-bond donors (Lipinski definition) is 1. The summed E-state index contributed by atoms with van der Waals surface area (Å²) in [6, 6.07) is 7.55. The van der Waals surface area contributed by atoms with Gasteiger partial charge in [-0.2, -0.15) is 0 Å². The third kappa shape index (κ3) is 4.97. The monoisotopic (exact) mass is 377 g/mol. The number of amides is 1. The highest BCUT2D eigenvalue weighted by molar-refractivity contribution is 7.21. The first-order valence-electron chi connectivity index (χ1n) is 9.08. The summed E-state index contributed by atoms with van der Waals surface area (Å²) in [4.78, 5) is 26.1. The molecule has 1 N–H and O–H groups in total. The predicted octanol–water partition coefficient (Wildman–Crippen LogP) is 4.80. The fourth-order valence-corrected chi connectivity index (χ4v) is 3.95. The van der Waals surface area contributed by atoms with Gasteiger partial charge >= 0.3 is 5.97 Å². The smallest absolute Gasteiger partial charge is 0.344 e. The number of benzene rings is 1. The normalized spacial score (nSPS) is 12.1. The molecule has 6 heteroatoms. The van der Waals surface area contributed by atoms with E-state index in [0.717, 1.165) is 42.2 Å². The van der Waals surface area contributed by atoms with Gasteiger partial charge in [0, 0.05) is 24.2 Å². The Kier molecular flexibility index (Phi) is 7.45. The largest absolute Gasteiger partial charge is 0.479 e. The van der Waals surface area contributed by atoms with Gasteiger partial charge in [0.25, 0.3) is 5.91 Å². The second-order valence-electron chi connectivity index (χ2n) is 6.60. The van der Waals surface area contributed by atoms with Crippen LogP contribution in [0.4, 0.5) is 0 Å². The van der Waals surface area contributed by atoms with Crippen LogP contribution in [0.25, 0.3) is 10.1 Å². The number of unbranched alkanes of at least 4 members (excludes halogenated alkanes) is 4. The van der Waals surface area contributed by atoms with Crippen LogP contribution in [-0.4, -0.2) is 42.1 Å². The summed E-state index contributed by atoms with van der Waals surface area (Å²) < 4.78 is 6.82. The van der Waals surface area contributed by atoms with Gasteiger partial charge in [-0.25, -0.2) is 4.79 Å². The Morgan fingerprint density at radius 3 is 2.50 bits per heavy atom. The molecule has 1 aromatic heterocycles. The molecule has 0 aliphatic carbocycles. The summed E-state index contributed by atoms with van der Waals surface area (Å²) in [5, 5.41) is 10.4. The van der Waals surface area contributed by atoms with Crippen molar-refractivity contribution < 1.29 is 19.4 Å². The number of aliphatic carboxylic acids is 1. The van der Waals surface area contributed by atoms with Gasteiger partial charge in [-0.15, -0.1) is 11.3 Å². The molecule has 2 rings (SSSR count). The molecule has 0 fully saturated rings. The molecule has 5 nitrogen and oxygen atoms in total. The molecule has 142 valence electrons. The van der Waals surface area contributed by atoms with Crippen LogP contribution in [-0.2, 0) is 4.79 Å². The Bertz CT molecular complexity index is 753. The summed E-state index contributed by atoms with van der Waals surface area (Å²) in [7, 11) is 3.36. The SMILES string of the molecule is CCCCCCCC(Oc1c(C(=O)N(C)C)sc2ccccc12)C(=O)O. The number of carboxylic acids is 1. The average molecular weight is 378 g/mol. The van der Waals surface area contributed by atoms with Crippen molar-refractivity contribution in [1.82, 2.24) is 4.90 Å². The first-order chi connectivity index (χ1) is 12.5. The van der Waals surface area contributed by atoms with Gasteiger partial charge in [0.1, 0.15) is 4.88 Å². The van der Waals surface area contributed by atoms with E-state index >= 15 is 0 Å². The maximum atomic E-state index is 12.5. The van der Waals surface area contributed by atoms with Crippen LogP contribution >= 0.6 is 11.3 Å². The van der Waals surface area contributed by atoms with E-state index in [1.165, 1.54) is 16.2 Å². The molecule has 26 heavy (non-hydrogen) atoms. The van der Waals surface area contributed by atoms with Crippen LogP contribution in [0, 0.1) is 0 Å². The number of fused-ring (bicyclic) bond motifs is 1. The summed E-state index contributed by atoms with van der Waals surface area (Å²) >= 11 is 1.34. The number of rotatable bonds is 10. The van der Waals surface area contributed by atoms with E-state index in [1.54, 1.807) is 14.1 Å². The lowest BCUT2D eigenvalue weighted by Crippen LogP contribution is -2.28. The lowest BCUT2D eigenvalue weighted by molar-refractivity contribution is -0.145. The molecule has 0 spiro atoms. The fourth-order valence-electron chi connectivity index (χ4n) is 2.79. The van der Waals surface area contributed by atoms with Gasteiger partial charge in [0.05, 0.1) is 0 Å². The average Bonchev–Trinajstić information content (AvgIpc) is 2.98. The minimum absolute atomic E-state index is 0.173. The minimum atomic E-state index is -0.987. The topological polar surface area (TPSA) is 66.8 Å². The number of nitrogens with zero attached hydrogens (tertiary/aromatic N) is 1. The van der Waals surface area contributed by atoms with E-state index < -0.39 is 12.1 Å². The second kappa shape index (κ2) is 9.57. The van der Waals surface area contributed by atoms with Gasteiger partial charge in [0.15, 0.2) is 11.9 Å². The molecular formula is C20H27NO4S. The highest BCUT2D eigenvalue weighted by atomic mass is 32.1. The third-order valence-electron chi connectivity index (χ3n) is 4.26. The lowest BCUT2D eigenvalue weighted by Gasteiger charge is -2.17. The van der Waals surface area contributed by atoms with Gasteiger partial charge < -0.3 is 14.7 Å². The van der Waals surface area contributed by atoms with Crippen molar-refractivity contribution in [1.29, 1.82) is 0 Å². The molecule has 1 amide bonds. The van der Waals surface area contributed by atoms with Crippen molar-refractivity contribution in [3.8, 4) is 5.75 Å². The molecule has 2 aromatic rings. The Morgan fingerprint density at radius 2 is 1.85 bits per heavy atom. The molecule has 1 aromatic carbocycles. The van der Waals surface area contributed by atoms with Gasteiger partial charge in [-0.05, 0) is 25.0 Å². The number of carbonyl (C=O) groups is 2. The molecule has 0 saturated carbocycles. The highest BCUT2D eigenvalue weighted by Gasteiger charge is 2.26. The Hall–Kier alpha value is -2.08. The Balaban J connectivity index is 2.24. The molecule has 1 heterocycles. The third-order valence-corrected chi connectivity index (χ3v) is 5.40. The van der Waals surface area contributed by atoms with Gasteiger partial charge in [-0.1, -0.05) is 44.7 Å². The molecule has 0 saturated heterocycles. The number of ether oxygens (including phenoxy) is 1. The van der Waals surface area contributed by atoms with E-state index in [4.69, 9.17) is 4.74 Å². The zero-order valence-electron chi connectivity index (χ0n) is 15.7. The van der Waals surface area contributed by atoms with Crippen molar-refractivity contribution in [2.75, 3.05) is 14.1 Å². The Labute approximate surface area is 158 Å². The second-order valence-corrected chi connectivity index (χ2v) is 7.66. The number of hydrogen-bond acceptors (Lipinski definition) is 4. The fraction of sp³-hybridized carbons (Fsp3) is 0.500. The van der Waals surface area contributed by atoms with Gasteiger partial charge in [0.2, 0.25) is 0 Å². The highest BCUT2D eigenvalue weighted by Crippen LogP contribution is 2.39. The quantitative estimate of drug-likeness (QED) is 0.604. The van der Waals surface area contributed by atoms with Crippen molar-refractivity contribution in [2.45, 2.75) is 51.6 Å². The standard InChI is InChI=1S/C20H27NO4S/c1-4-5-6-7-8-12-15(20(23)24)25-17-14-11-9-10-13-16(14)26-18(17)19(22)21(2)3/h9-11,13,15H,4-8,12H2,1-3H3,(H,23,24). The molecule has 0 aliphatic rings. The van der Waals surface area contributed by atoms with Crippen LogP contribution < -0.4 is 4.74 Å². The number of thiophene rings is 1. The molecule has 1 unspecified atom stereocenters. The maximum Gasteiger partial charge on any atom is 0.344 e. The minimum Gasteiger partial charge on any atom is -0.479 e. The molecule has 0 aliphatic heterocycles. The first kappa shape index (κ1) is 20.2. The van der Waals surface area contributed by atoms with Crippen molar-refractivity contribution in [3.05, 3.63) is 29.1 Å². The summed E-state index contributed by atoms with van der Waals surface area (Å²) in [5.41, 5.74) is 0. The Morgan fingerprint density at radius 1 is 1.15 bits per heavy atom. The zero-order chi connectivity index (χ0) is 19.1. The predicted molar refractivity (Wildman–Crippen MR) is 105 cm³/mol. The van der Waals surface area contributed by atoms with Crippen LogP contribution in [0.3, 0.4) is 0 Å². The van der Waals surface area contributed by atoms with Crippen LogP contribution in [0.15, 0.2) is 24.3 Å². The molecule has 0 bridgehead atoms. The lowest BCUT2D eigenvalue weighted by atomic mass is 10.1. The number of carbonyl (C=O) groups excluding carboxylic acids is 1. The van der Waals surface area contributed by atoms with Gasteiger partial charge in [-0.3, -0.25) is 4.79 Å². The van der Waals surface area contributed by atoms with Crippen molar-refractivity contribution >= 4 is 33.3 Å². The molecule has 0 radical (unpaired) electrons. The zero-order valence-corrected chi connectivity index (χ0v) is 16.5. The maximum absolute atomic E-state index is 12.5. The van der Waals surface area contributed by atoms with Crippen LogP contribution in [0.2, 0.25) is 0 Å². The molecular weight excluding hydrogens is 350 g/mol. The van der Waals surface area contributed by atoms with Crippen molar-refractivity contribution in [2.24, 2.45) is 0 Å². The van der Waals surface area contributed by atoms with E-state index in [-0.39, 0.29) is 5.91 Å².